The summed E-state index contributed by atoms with van der Waals surface area (Å²) in [7, 11) is 1.50. The number of halogens is 1. The van der Waals surface area contributed by atoms with Crippen LogP contribution >= 0.6 is 11.6 Å². The zero-order valence-corrected chi connectivity index (χ0v) is 18.6. The monoisotopic (exact) mass is 472 g/mol. The van der Waals surface area contributed by atoms with Gasteiger partial charge in [-0.05, 0) is 42.5 Å². The minimum atomic E-state index is -0.711. The average molecular weight is 473 g/mol. The number of nitriles is 1. The van der Waals surface area contributed by atoms with E-state index < -0.39 is 11.5 Å². The third kappa shape index (κ3) is 4.75. The summed E-state index contributed by atoms with van der Waals surface area (Å²) in [5.41, 5.74) is -0.172. The van der Waals surface area contributed by atoms with Gasteiger partial charge in [-0.25, -0.2) is 0 Å². The fourth-order valence-electron chi connectivity index (χ4n) is 3.11. The van der Waals surface area contributed by atoms with Crippen LogP contribution in [0.5, 0.6) is 17.4 Å². The van der Waals surface area contributed by atoms with E-state index in [0.29, 0.717) is 22.1 Å². The number of nitrogens with one attached hydrogen (secondary N) is 1. The van der Waals surface area contributed by atoms with E-state index in [-0.39, 0.29) is 22.8 Å². The Labute approximate surface area is 199 Å². The summed E-state index contributed by atoms with van der Waals surface area (Å²) in [5.74, 6) is 0.00117. The van der Waals surface area contributed by atoms with Gasteiger partial charge in [0, 0.05) is 18.0 Å². The quantitative estimate of drug-likeness (QED) is 0.322. The summed E-state index contributed by atoms with van der Waals surface area (Å²) in [5, 5.41) is 12.6. The first kappa shape index (κ1) is 22.6. The van der Waals surface area contributed by atoms with E-state index in [2.05, 4.69) is 10.3 Å². The summed E-state index contributed by atoms with van der Waals surface area (Å²) in [6, 6.07) is 20.2. The SMILES string of the molecule is COc1cccc(NC(=O)/C(C#N)=C\c2c(Oc3ccccc3Cl)nc3ccccn3c2=O)c1. The second-order valence-electron chi connectivity index (χ2n) is 6.95. The van der Waals surface area contributed by atoms with Crippen LogP contribution < -0.4 is 20.3 Å². The minimum absolute atomic E-state index is 0.0824. The summed E-state index contributed by atoms with van der Waals surface area (Å²) in [6.45, 7) is 0. The molecule has 0 fully saturated rings. The molecular weight excluding hydrogens is 456 g/mol. The van der Waals surface area contributed by atoms with Gasteiger partial charge in [0.1, 0.15) is 34.4 Å². The van der Waals surface area contributed by atoms with Crippen LogP contribution in [0.4, 0.5) is 5.69 Å². The number of fused-ring (bicyclic) bond motifs is 1. The molecule has 0 saturated carbocycles. The second kappa shape index (κ2) is 9.90. The van der Waals surface area contributed by atoms with E-state index in [0.717, 1.165) is 6.08 Å². The molecule has 8 nitrogen and oxygen atoms in total. The molecule has 34 heavy (non-hydrogen) atoms. The molecule has 0 bridgehead atoms. The summed E-state index contributed by atoms with van der Waals surface area (Å²) >= 11 is 6.20. The highest BCUT2D eigenvalue weighted by atomic mass is 35.5. The number of ether oxygens (including phenoxy) is 2. The number of aromatic nitrogens is 2. The van der Waals surface area contributed by atoms with Gasteiger partial charge in [0.15, 0.2) is 0 Å². The predicted molar refractivity (Wildman–Crippen MR) is 128 cm³/mol. The van der Waals surface area contributed by atoms with Gasteiger partial charge in [0.25, 0.3) is 11.5 Å². The highest BCUT2D eigenvalue weighted by Crippen LogP contribution is 2.30. The Morgan fingerprint density at radius 1 is 1.15 bits per heavy atom. The lowest BCUT2D eigenvalue weighted by Gasteiger charge is -2.11. The fraction of sp³-hybridized carbons (Fsp3) is 0.0400. The number of para-hydroxylation sites is 1. The molecule has 0 aliphatic carbocycles. The van der Waals surface area contributed by atoms with Crippen LogP contribution in [0, 0.1) is 11.3 Å². The number of amides is 1. The van der Waals surface area contributed by atoms with Gasteiger partial charge in [0.05, 0.1) is 12.1 Å². The standard InChI is InChI=1S/C25H17ClN4O4/c1-33-18-8-6-7-17(14-18)28-23(31)16(15-27)13-19-24(34-21-10-3-2-9-20(21)26)29-22-11-4-5-12-30(22)25(19)32/h2-14H,1H3,(H,28,31)/b16-13-. The molecule has 1 amide bonds. The Morgan fingerprint density at radius 2 is 1.94 bits per heavy atom. The van der Waals surface area contributed by atoms with Crippen LogP contribution in [-0.2, 0) is 4.79 Å². The highest BCUT2D eigenvalue weighted by molar-refractivity contribution is 6.32. The van der Waals surface area contributed by atoms with Crippen LogP contribution in [-0.4, -0.2) is 22.4 Å². The largest absolute Gasteiger partial charge is 0.497 e. The van der Waals surface area contributed by atoms with Crippen molar-refractivity contribution < 1.29 is 14.3 Å². The Bertz CT molecular complexity index is 1520. The Kier molecular flexibility index (Phi) is 6.57. The van der Waals surface area contributed by atoms with Crippen LogP contribution in [0.1, 0.15) is 5.56 Å². The Morgan fingerprint density at radius 3 is 2.71 bits per heavy atom. The number of pyridine rings is 1. The minimum Gasteiger partial charge on any atom is -0.497 e. The molecule has 0 aliphatic rings. The maximum Gasteiger partial charge on any atom is 0.269 e. The first-order chi connectivity index (χ1) is 16.5. The number of anilines is 1. The predicted octanol–water partition coefficient (Wildman–Crippen LogP) is 4.69. The number of methoxy groups -OCH3 is 1. The molecule has 0 radical (unpaired) electrons. The third-order valence-corrected chi connectivity index (χ3v) is 5.07. The number of benzene rings is 2. The van der Waals surface area contributed by atoms with Crippen LogP contribution in [0.3, 0.4) is 0 Å². The van der Waals surface area contributed by atoms with Crippen molar-refractivity contribution in [3.05, 3.63) is 99.4 Å². The highest BCUT2D eigenvalue weighted by Gasteiger charge is 2.18. The first-order valence-electron chi connectivity index (χ1n) is 10.0. The lowest BCUT2D eigenvalue weighted by Crippen LogP contribution is -2.20. The lowest BCUT2D eigenvalue weighted by atomic mass is 10.1. The molecular formula is C25H17ClN4O4. The molecule has 0 aliphatic heterocycles. The normalized spacial score (nSPS) is 11.0. The number of carbonyl (C=O) groups excluding carboxylic acids is 1. The van der Waals surface area contributed by atoms with Crippen LogP contribution in [0.15, 0.2) is 83.3 Å². The van der Waals surface area contributed by atoms with Crippen molar-refractivity contribution in [2.24, 2.45) is 0 Å². The van der Waals surface area contributed by atoms with Gasteiger partial charge in [-0.3, -0.25) is 14.0 Å². The Hall–Kier alpha value is -4.61. The number of hydrogen-bond acceptors (Lipinski definition) is 6. The molecule has 2 aromatic carbocycles. The summed E-state index contributed by atoms with van der Waals surface area (Å²) in [6.07, 6.45) is 2.68. The van der Waals surface area contributed by atoms with Gasteiger partial charge < -0.3 is 14.8 Å². The van der Waals surface area contributed by atoms with Crippen molar-refractivity contribution >= 4 is 34.9 Å². The molecule has 0 unspecified atom stereocenters. The molecule has 0 spiro atoms. The average Bonchev–Trinajstić information content (AvgIpc) is 2.85. The smallest absolute Gasteiger partial charge is 0.269 e. The summed E-state index contributed by atoms with van der Waals surface area (Å²) < 4.78 is 12.3. The van der Waals surface area contributed by atoms with E-state index in [4.69, 9.17) is 21.1 Å². The molecule has 9 heteroatoms. The summed E-state index contributed by atoms with van der Waals surface area (Å²) in [4.78, 5) is 30.5. The number of hydrogen-bond donors (Lipinski definition) is 1. The third-order valence-electron chi connectivity index (χ3n) is 4.76. The van der Waals surface area contributed by atoms with Crippen molar-refractivity contribution in [3.8, 4) is 23.4 Å². The molecule has 0 atom stereocenters. The number of rotatable bonds is 6. The fourth-order valence-corrected chi connectivity index (χ4v) is 3.28. The van der Waals surface area contributed by atoms with Gasteiger partial charge >= 0.3 is 0 Å². The molecule has 4 aromatic rings. The van der Waals surface area contributed by atoms with Gasteiger partial charge in [-0.1, -0.05) is 35.9 Å². The maximum atomic E-state index is 13.2. The van der Waals surface area contributed by atoms with Crippen molar-refractivity contribution in [1.82, 2.24) is 9.38 Å². The van der Waals surface area contributed by atoms with Gasteiger partial charge in [-0.15, -0.1) is 0 Å². The van der Waals surface area contributed by atoms with Crippen molar-refractivity contribution in [1.29, 1.82) is 5.26 Å². The van der Waals surface area contributed by atoms with E-state index in [1.807, 2.05) is 6.07 Å². The zero-order valence-electron chi connectivity index (χ0n) is 17.9. The van der Waals surface area contributed by atoms with E-state index in [9.17, 15) is 14.9 Å². The van der Waals surface area contributed by atoms with Gasteiger partial charge in [0.2, 0.25) is 5.88 Å². The molecule has 2 aromatic heterocycles. The van der Waals surface area contributed by atoms with Crippen LogP contribution in [0.2, 0.25) is 5.02 Å². The van der Waals surface area contributed by atoms with E-state index in [1.54, 1.807) is 66.7 Å². The molecule has 1 N–H and O–H groups in total. The van der Waals surface area contributed by atoms with Crippen LogP contribution in [0.25, 0.3) is 11.7 Å². The molecule has 4 rings (SSSR count). The molecule has 168 valence electrons. The number of nitrogens with zero attached hydrogens (tertiary/aromatic N) is 3. The van der Waals surface area contributed by atoms with E-state index in [1.165, 1.54) is 17.7 Å². The van der Waals surface area contributed by atoms with Crippen molar-refractivity contribution in [2.45, 2.75) is 0 Å². The Balaban J connectivity index is 1.80. The zero-order chi connectivity index (χ0) is 24.1. The molecule has 0 saturated heterocycles. The van der Waals surface area contributed by atoms with Crippen molar-refractivity contribution in [3.63, 3.8) is 0 Å². The maximum absolute atomic E-state index is 13.2. The van der Waals surface area contributed by atoms with Crippen molar-refractivity contribution in [2.75, 3.05) is 12.4 Å². The second-order valence-corrected chi connectivity index (χ2v) is 7.36. The topological polar surface area (TPSA) is 106 Å². The first-order valence-corrected chi connectivity index (χ1v) is 10.4. The van der Waals surface area contributed by atoms with E-state index >= 15 is 0 Å². The lowest BCUT2D eigenvalue weighted by molar-refractivity contribution is -0.112. The van der Waals surface area contributed by atoms with Gasteiger partial charge in [-0.2, -0.15) is 10.2 Å². The molecule has 2 heterocycles. The number of carbonyl (C=O) groups is 1.